The van der Waals surface area contributed by atoms with Gasteiger partial charge in [-0.25, -0.2) is 9.07 Å². The predicted octanol–water partition coefficient (Wildman–Crippen LogP) is 2.66. The highest BCUT2D eigenvalue weighted by Crippen LogP contribution is 2.23. The van der Waals surface area contributed by atoms with Gasteiger partial charge in [0.1, 0.15) is 5.82 Å². The number of piperidine rings is 1. The molecule has 0 radical (unpaired) electrons. The summed E-state index contributed by atoms with van der Waals surface area (Å²) in [4.78, 5) is 16.9. The van der Waals surface area contributed by atoms with Crippen LogP contribution in [0.4, 0.5) is 10.3 Å². The first-order chi connectivity index (χ1) is 12.0. The minimum atomic E-state index is -0.365. The largest absolute Gasteiger partial charge is 0.317 e. The maximum Gasteiger partial charge on any atom is 0.229 e. The topological polar surface area (TPSA) is 71.8 Å². The molecule has 2 N–H and O–H groups in total. The van der Waals surface area contributed by atoms with Gasteiger partial charge in [0.2, 0.25) is 11.9 Å². The van der Waals surface area contributed by atoms with Crippen LogP contribution in [0, 0.1) is 11.7 Å². The molecule has 26 heavy (non-hydrogen) atoms. The Morgan fingerprint density at radius 1 is 1.38 bits per heavy atom. The first-order valence-corrected chi connectivity index (χ1v) is 8.70. The van der Waals surface area contributed by atoms with Gasteiger partial charge in [0.25, 0.3) is 0 Å². The zero-order valence-corrected chi connectivity index (χ0v) is 15.9. The molecule has 2 heterocycles. The molecule has 1 aliphatic rings. The van der Waals surface area contributed by atoms with Gasteiger partial charge in [-0.15, -0.1) is 12.4 Å². The Hall–Kier alpha value is -1.99. The summed E-state index contributed by atoms with van der Waals surface area (Å²) in [6.07, 6.45) is 2.35. The summed E-state index contributed by atoms with van der Waals surface area (Å²) >= 11 is 0. The number of benzene rings is 1. The monoisotopic (exact) mass is 381 g/mol. The van der Waals surface area contributed by atoms with E-state index in [1.807, 2.05) is 0 Å². The van der Waals surface area contributed by atoms with E-state index in [0.717, 1.165) is 31.8 Å². The Morgan fingerprint density at radius 3 is 2.77 bits per heavy atom. The van der Waals surface area contributed by atoms with Gasteiger partial charge in [0, 0.05) is 18.9 Å². The zero-order chi connectivity index (χ0) is 17.8. The van der Waals surface area contributed by atoms with E-state index in [0.29, 0.717) is 23.9 Å². The Balaban J connectivity index is 0.00000243. The van der Waals surface area contributed by atoms with Gasteiger partial charge in [-0.2, -0.15) is 10.1 Å². The molecule has 0 aliphatic carbocycles. The van der Waals surface area contributed by atoms with Crippen molar-refractivity contribution in [2.75, 3.05) is 18.4 Å². The molecule has 6 nitrogen and oxygen atoms in total. The van der Waals surface area contributed by atoms with Gasteiger partial charge in [-0.1, -0.05) is 25.1 Å². The van der Waals surface area contributed by atoms with Crippen LogP contribution in [-0.4, -0.2) is 33.8 Å². The smallest absolute Gasteiger partial charge is 0.229 e. The second kappa shape index (κ2) is 9.09. The lowest BCUT2D eigenvalue weighted by molar-refractivity contribution is -0.119. The second-order valence-corrected chi connectivity index (χ2v) is 6.63. The maximum absolute atomic E-state index is 13.8. The van der Waals surface area contributed by atoms with Crippen molar-refractivity contribution in [3.05, 3.63) is 41.5 Å². The lowest BCUT2D eigenvalue weighted by Gasteiger charge is -2.19. The highest BCUT2D eigenvalue weighted by atomic mass is 35.5. The summed E-state index contributed by atoms with van der Waals surface area (Å²) in [7, 11) is 1.77. The van der Waals surface area contributed by atoms with Gasteiger partial charge in [0.05, 0.1) is 0 Å². The number of carbonyl (C=O) groups excluding carboxylic acids is 1. The number of aromatic nitrogens is 3. The first kappa shape index (κ1) is 20.3. The normalized spacial score (nSPS) is 16.0. The summed E-state index contributed by atoms with van der Waals surface area (Å²) in [6, 6.07) is 6.53. The van der Waals surface area contributed by atoms with Crippen LogP contribution in [0.1, 0.15) is 37.1 Å². The molecule has 1 aromatic heterocycles. The van der Waals surface area contributed by atoms with Gasteiger partial charge in [-0.3, -0.25) is 10.1 Å². The molecule has 1 atom stereocenters. The number of anilines is 1. The molecule has 142 valence electrons. The minimum Gasteiger partial charge on any atom is -0.317 e. The number of nitrogens with zero attached hydrogens (tertiary/aromatic N) is 3. The molecule has 1 unspecified atom stereocenters. The molecule has 1 aromatic carbocycles. The molecular formula is C18H25ClFN5O. The molecule has 0 spiro atoms. The van der Waals surface area contributed by atoms with Crippen molar-refractivity contribution < 1.29 is 9.18 Å². The predicted molar refractivity (Wildman–Crippen MR) is 101 cm³/mol. The van der Waals surface area contributed by atoms with E-state index in [1.165, 1.54) is 6.07 Å². The molecule has 1 aliphatic heterocycles. The minimum absolute atomic E-state index is 0. The van der Waals surface area contributed by atoms with Gasteiger partial charge >= 0.3 is 0 Å². The number of nitrogens with one attached hydrogen (secondary N) is 2. The van der Waals surface area contributed by atoms with E-state index >= 15 is 0 Å². The van der Waals surface area contributed by atoms with Crippen LogP contribution in [0.5, 0.6) is 0 Å². The van der Waals surface area contributed by atoms with Crippen molar-refractivity contribution in [3.8, 4) is 0 Å². The Bertz CT molecular complexity index is 745. The van der Waals surface area contributed by atoms with Crippen LogP contribution in [-0.2, 0) is 18.3 Å². The molecular weight excluding hydrogens is 357 g/mol. The van der Waals surface area contributed by atoms with Crippen molar-refractivity contribution in [1.82, 2.24) is 20.1 Å². The standard InChI is InChI=1S/C18H24FN5O.ClH/c1-12(11-14-5-3-4-6-15(14)19)17(25)22-18-21-16(23-24(18)2)13-7-9-20-10-8-13;/h3-6,12-13,20H,7-11H2,1-2H3,(H,21,22,23,25);1H. The number of amides is 1. The SMILES string of the molecule is CC(Cc1ccccc1F)C(=O)Nc1nc(C2CCNCC2)nn1C.Cl. The number of aryl methyl sites for hydroxylation is 1. The average molecular weight is 382 g/mol. The third kappa shape index (κ3) is 4.80. The van der Waals surface area contributed by atoms with Gasteiger partial charge in [0.15, 0.2) is 5.82 Å². The quantitative estimate of drug-likeness (QED) is 0.835. The summed E-state index contributed by atoms with van der Waals surface area (Å²) in [5.74, 6) is 0.717. The van der Waals surface area contributed by atoms with Crippen molar-refractivity contribution >= 4 is 24.3 Å². The van der Waals surface area contributed by atoms with Crippen LogP contribution in [0.2, 0.25) is 0 Å². The van der Waals surface area contributed by atoms with E-state index in [-0.39, 0.29) is 30.0 Å². The van der Waals surface area contributed by atoms with Crippen LogP contribution < -0.4 is 10.6 Å². The molecule has 3 rings (SSSR count). The molecule has 8 heteroatoms. The highest BCUT2D eigenvalue weighted by Gasteiger charge is 2.22. The zero-order valence-electron chi connectivity index (χ0n) is 15.0. The molecule has 1 fully saturated rings. The molecule has 0 bridgehead atoms. The van der Waals surface area contributed by atoms with E-state index in [4.69, 9.17) is 0 Å². The summed E-state index contributed by atoms with van der Waals surface area (Å²) in [5.41, 5.74) is 0.540. The fourth-order valence-corrected chi connectivity index (χ4v) is 3.09. The fourth-order valence-electron chi connectivity index (χ4n) is 3.09. The van der Waals surface area contributed by atoms with Crippen molar-refractivity contribution in [1.29, 1.82) is 0 Å². The molecule has 1 amide bonds. The lowest BCUT2D eigenvalue weighted by atomic mass is 9.98. The fraction of sp³-hybridized carbons (Fsp3) is 0.500. The summed E-state index contributed by atoms with van der Waals surface area (Å²) in [5, 5.41) is 10.6. The number of hydrogen-bond acceptors (Lipinski definition) is 4. The summed E-state index contributed by atoms with van der Waals surface area (Å²) in [6.45, 7) is 3.71. The van der Waals surface area contributed by atoms with Crippen LogP contribution >= 0.6 is 12.4 Å². The summed E-state index contributed by atoms with van der Waals surface area (Å²) < 4.78 is 15.4. The van der Waals surface area contributed by atoms with Gasteiger partial charge < -0.3 is 5.32 Å². The average Bonchev–Trinajstić information content (AvgIpc) is 2.98. The van der Waals surface area contributed by atoms with E-state index in [1.54, 1.807) is 36.9 Å². The van der Waals surface area contributed by atoms with E-state index in [9.17, 15) is 9.18 Å². The van der Waals surface area contributed by atoms with Crippen LogP contribution in [0.25, 0.3) is 0 Å². The first-order valence-electron chi connectivity index (χ1n) is 8.70. The molecule has 2 aromatic rings. The second-order valence-electron chi connectivity index (χ2n) is 6.63. The Kier molecular flexibility index (Phi) is 7.11. The van der Waals surface area contributed by atoms with Crippen molar-refractivity contribution in [3.63, 3.8) is 0 Å². The maximum atomic E-state index is 13.8. The third-order valence-electron chi connectivity index (χ3n) is 4.65. The third-order valence-corrected chi connectivity index (χ3v) is 4.65. The Morgan fingerprint density at radius 2 is 2.08 bits per heavy atom. The number of halogens is 2. The lowest BCUT2D eigenvalue weighted by Crippen LogP contribution is -2.27. The van der Waals surface area contributed by atoms with E-state index < -0.39 is 0 Å². The van der Waals surface area contributed by atoms with Crippen LogP contribution in [0.15, 0.2) is 24.3 Å². The number of hydrogen-bond donors (Lipinski definition) is 2. The molecule has 0 saturated carbocycles. The molecule has 1 saturated heterocycles. The Labute approximate surface area is 159 Å². The van der Waals surface area contributed by atoms with Gasteiger partial charge in [-0.05, 0) is 44.0 Å². The van der Waals surface area contributed by atoms with Crippen molar-refractivity contribution in [2.24, 2.45) is 13.0 Å². The van der Waals surface area contributed by atoms with Crippen molar-refractivity contribution in [2.45, 2.75) is 32.1 Å². The highest BCUT2D eigenvalue weighted by molar-refractivity contribution is 5.90. The van der Waals surface area contributed by atoms with E-state index in [2.05, 4.69) is 20.7 Å². The number of rotatable bonds is 5. The van der Waals surface area contributed by atoms with Crippen LogP contribution in [0.3, 0.4) is 0 Å². The number of carbonyl (C=O) groups is 1.